The topological polar surface area (TPSA) is 86.3 Å². The van der Waals surface area contributed by atoms with Crippen LogP contribution in [0.4, 0.5) is 15.8 Å². The van der Waals surface area contributed by atoms with E-state index in [2.05, 4.69) is 0 Å². The molecule has 33 heavy (non-hydrogen) atoms. The SMILES string of the molecule is O=[N+]([O-])c1ccc(-c2ccc(CCc3ccc(-c4ccc(F)cc4)cc3)cc2[N+](=O)[O-])cc1. The van der Waals surface area contributed by atoms with Crippen LogP contribution in [0, 0.1) is 26.0 Å². The second kappa shape index (κ2) is 9.40. The molecule has 164 valence electrons. The Morgan fingerprint density at radius 3 is 1.70 bits per heavy atom. The number of hydrogen-bond acceptors (Lipinski definition) is 4. The molecule has 0 aliphatic heterocycles. The third-order valence-corrected chi connectivity index (χ3v) is 5.48. The molecule has 0 saturated carbocycles. The average molecular weight is 442 g/mol. The molecule has 0 aromatic heterocycles. The van der Waals surface area contributed by atoms with E-state index in [4.69, 9.17) is 0 Å². The molecule has 0 saturated heterocycles. The molecular weight excluding hydrogens is 423 g/mol. The first kappa shape index (κ1) is 21.8. The van der Waals surface area contributed by atoms with Crippen LogP contribution in [0.2, 0.25) is 0 Å². The van der Waals surface area contributed by atoms with Gasteiger partial charge in [0.15, 0.2) is 0 Å². The number of nitro benzene ring substituents is 2. The van der Waals surface area contributed by atoms with Gasteiger partial charge in [-0.2, -0.15) is 0 Å². The Labute approximate surface area is 189 Å². The van der Waals surface area contributed by atoms with E-state index in [1.54, 1.807) is 24.3 Å². The van der Waals surface area contributed by atoms with Crippen LogP contribution in [0.5, 0.6) is 0 Å². The van der Waals surface area contributed by atoms with Crippen LogP contribution in [-0.4, -0.2) is 9.85 Å². The molecule has 4 rings (SSSR count). The molecular formula is C26H19FN2O4. The highest BCUT2D eigenvalue weighted by atomic mass is 19.1. The quantitative estimate of drug-likeness (QED) is 0.234. The molecule has 0 aliphatic carbocycles. The first-order valence-corrected chi connectivity index (χ1v) is 10.3. The molecule has 0 N–H and O–H groups in total. The lowest BCUT2D eigenvalue weighted by molar-refractivity contribution is -0.385. The molecule has 6 nitrogen and oxygen atoms in total. The van der Waals surface area contributed by atoms with Crippen LogP contribution in [0.1, 0.15) is 11.1 Å². The Hall–Kier alpha value is -4.39. The number of hydrogen-bond donors (Lipinski definition) is 0. The van der Waals surface area contributed by atoms with Gasteiger partial charge in [-0.1, -0.05) is 42.5 Å². The Morgan fingerprint density at radius 1 is 0.606 bits per heavy atom. The van der Waals surface area contributed by atoms with E-state index in [9.17, 15) is 24.6 Å². The first-order chi connectivity index (χ1) is 15.9. The fourth-order valence-corrected chi connectivity index (χ4v) is 3.69. The summed E-state index contributed by atoms with van der Waals surface area (Å²) in [5, 5.41) is 22.5. The maximum atomic E-state index is 13.1. The van der Waals surface area contributed by atoms with Gasteiger partial charge in [-0.3, -0.25) is 20.2 Å². The standard InChI is InChI=1S/C26H19FN2O4/c27-23-12-8-21(9-13-23)20-6-3-18(4-7-20)1-2-19-5-16-25(26(17-19)29(32)33)22-10-14-24(15-11-22)28(30)31/h3-17H,1-2H2. The minimum absolute atomic E-state index is 0.0342. The highest BCUT2D eigenvalue weighted by Gasteiger charge is 2.17. The summed E-state index contributed by atoms with van der Waals surface area (Å²) in [6.07, 6.45) is 1.33. The monoisotopic (exact) mass is 442 g/mol. The lowest BCUT2D eigenvalue weighted by atomic mass is 9.97. The number of halogens is 1. The van der Waals surface area contributed by atoms with Crippen molar-refractivity contribution >= 4 is 11.4 Å². The smallest absolute Gasteiger partial charge is 0.258 e. The van der Waals surface area contributed by atoms with Gasteiger partial charge in [-0.25, -0.2) is 4.39 Å². The summed E-state index contributed by atoms with van der Waals surface area (Å²) in [5.74, 6) is -0.274. The average Bonchev–Trinajstić information content (AvgIpc) is 2.83. The predicted octanol–water partition coefficient (Wildman–Crippen LogP) is 6.76. The van der Waals surface area contributed by atoms with E-state index < -0.39 is 9.85 Å². The summed E-state index contributed by atoms with van der Waals surface area (Å²) in [6.45, 7) is 0. The third-order valence-electron chi connectivity index (χ3n) is 5.48. The van der Waals surface area contributed by atoms with Gasteiger partial charge in [-0.15, -0.1) is 0 Å². The van der Waals surface area contributed by atoms with Crippen molar-refractivity contribution in [3.63, 3.8) is 0 Å². The first-order valence-electron chi connectivity index (χ1n) is 10.3. The van der Waals surface area contributed by atoms with Gasteiger partial charge >= 0.3 is 0 Å². The van der Waals surface area contributed by atoms with Crippen LogP contribution in [-0.2, 0) is 12.8 Å². The molecule has 0 unspecified atom stereocenters. The number of non-ortho nitro benzene ring substituents is 1. The summed E-state index contributed by atoms with van der Waals surface area (Å²) in [5.41, 5.74) is 4.70. The second-order valence-corrected chi connectivity index (χ2v) is 7.62. The number of nitrogens with zero attached hydrogens (tertiary/aromatic N) is 2. The molecule has 0 aliphatic rings. The van der Waals surface area contributed by atoms with Gasteiger partial charge in [0.05, 0.1) is 15.4 Å². The lowest BCUT2D eigenvalue weighted by Crippen LogP contribution is -1.97. The molecule has 4 aromatic rings. The molecule has 0 radical (unpaired) electrons. The fraction of sp³-hybridized carbons (Fsp3) is 0.0769. The summed E-state index contributed by atoms with van der Waals surface area (Å²) >= 11 is 0. The number of benzene rings is 4. The van der Waals surface area contributed by atoms with E-state index in [0.29, 0.717) is 24.0 Å². The van der Waals surface area contributed by atoms with Crippen LogP contribution in [0.15, 0.2) is 91.0 Å². The molecule has 0 fully saturated rings. The molecule has 0 atom stereocenters. The fourth-order valence-electron chi connectivity index (χ4n) is 3.69. The van der Waals surface area contributed by atoms with E-state index in [1.807, 2.05) is 30.3 Å². The zero-order chi connectivity index (χ0) is 23.4. The largest absolute Gasteiger partial charge is 0.277 e. The molecule has 7 heteroatoms. The minimum atomic E-state index is -0.506. The number of aryl methyl sites for hydroxylation is 2. The van der Waals surface area contributed by atoms with Crippen molar-refractivity contribution in [3.8, 4) is 22.3 Å². The van der Waals surface area contributed by atoms with Gasteiger partial charge in [0.2, 0.25) is 0 Å². The Balaban J connectivity index is 1.49. The summed E-state index contributed by atoms with van der Waals surface area (Å²) < 4.78 is 13.1. The van der Waals surface area contributed by atoms with Crippen LogP contribution in [0.25, 0.3) is 22.3 Å². The minimum Gasteiger partial charge on any atom is -0.258 e. The summed E-state index contributed by atoms with van der Waals surface area (Å²) in [6, 6.07) is 25.1. The molecule has 0 heterocycles. The highest BCUT2D eigenvalue weighted by Crippen LogP contribution is 2.32. The molecule has 0 amide bonds. The maximum Gasteiger partial charge on any atom is 0.277 e. The van der Waals surface area contributed by atoms with Gasteiger partial charge in [0.1, 0.15) is 5.82 Å². The summed E-state index contributed by atoms with van der Waals surface area (Å²) in [4.78, 5) is 21.6. The van der Waals surface area contributed by atoms with Crippen LogP contribution in [0.3, 0.4) is 0 Å². The van der Waals surface area contributed by atoms with Crippen molar-refractivity contribution in [1.82, 2.24) is 0 Å². The van der Waals surface area contributed by atoms with Crippen molar-refractivity contribution in [2.45, 2.75) is 12.8 Å². The zero-order valence-electron chi connectivity index (χ0n) is 17.5. The predicted molar refractivity (Wildman–Crippen MR) is 124 cm³/mol. The summed E-state index contributed by atoms with van der Waals surface area (Å²) in [7, 11) is 0. The molecule has 0 bridgehead atoms. The highest BCUT2D eigenvalue weighted by molar-refractivity contribution is 5.74. The van der Waals surface area contributed by atoms with Crippen molar-refractivity contribution in [1.29, 1.82) is 0 Å². The van der Waals surface area contributed by atoms with Gasteiger partial charge in [0.25, 0.3) is 11.4 Å². The van der Waals surface area contributed by atoms with Crippen molar-refractivity contribution in [2.75, 3.05) is 0 Å². The molecule has 0 spiro atoms. The Bertz CT molecular complexity index is 1300. The lowest BCUT2D eigenvalue weighted by Gasteiger charge is -2.08. The van der Waals surface area contributed by atoms with Crippen LogP contribution < -0.4 is 0 Å². The van der Waals surface area contributed by atoms with Crippen molar-refractivity contribution < 1.29 is 14.2 Å². The van der Waals surface area contributed by atoms with Crippen molar-refractivity contribution in [2.24, 2.45) is 0 Å². The maximum absolute atomic E-state index is 13.1. The number of rotatable bonds is 7. The third kappa shape index (κ3) is 5.10. The van der Waals surface area contributed by atoms with Crippen LogP contribution >= 0.6 is 0 Å². The van der Waals surface area contributed by atoms with Gasteiger partial charge in [0, 0.05) is 18.2 Å². The molecule has 4 aromatic carbocycles. The van der Waals surface area contributed by atoms with Gasteiger partial charge in [-0.05, 0) is 71.0 Å². The Kier molecular flexibility index (Phi) is 6.22. The normalized spacial score (nSPS) is 10.7. The zero-order valence-corrected chi connectivity index (χ0v) is 17.5. The Morgan fingerprint density at radius 2 is 1.12 bits per heavy atom. The van der Waals surface area contributed by atoms with Gasteiger partial charge < -0.3 is 0 Å². The van der Waals surface area contributed by atoms with E-state index >= 15 is 0 Å². The van der Waals surface area contributed by atoms with E-state index in [1.165, 1.54) is 36.4 Å². The van der Waals surface area contributed by atoms with E-state index in [-0.39, 0.29) is 17.2 Å². The number of nitro groups is 2. The van der Waals surface area contributed by atoms with Crippen molar-refractivity contribution in [3.05, 3.63) is 128 Å². The van der Waals surface area contributed by atoms with E-state index in [0.717, 1.165) is 22.3 Å². The second-order valence-electron chi connectivity index (χ2n) is 7.62.